The van der Waals surface area contributed by atoms with Crippen LogP contribution >= 0.6 is 0 Å². The third-order valence-corrected chi connectivity index (χ3v) is 6.77. The zero-order valence-corrected chi connectivity index (χ0v) is 17.5. The van der Waals surface area contributed by atoms with Crippen LogP contribution in [-0.4, -0.2) is 48.4 Å². The first-order valence-electron chi connectivity index (χ1n) is 11.4. The fourth-order valence-electron chi connectivity index (χ4n) is 5.07. The molecule has 29 heavy (non-hydrogen) atoms. The largest absolute Gasteiger partial charge is 0.338 e. The van der Waals surface area contributed by atoms with Crippen molar-refractivity contribution in [2.75, 3.05) is 32.7 Å². The van der Waals surface area contributed by atoms with Crippen molar-refractivity contribution in [3.8, 4) is 0 Å². The van der Waals surface area contributed by atoms with Crippen LogP contribution in [-0.2, 0) is 0 Å². The third kappa shape index (κ3) is 5.48. The van der Waals surface area contributed by atoms with Gasteiger partial charge in [0.05, 0.1) is 0 Å². The minimum absolute atomic E-state index is 0.207. The molecule has 2 aliphatic rings. The summed E-state index contributed by atoms with van der Waals surface area (Å²) in [6, 6.07) is 20.8. The molecule has 2 fully saturated rings. The van der Waals surface area contributed by atoms with Gasteiger partial charge in [-0.25, -0.2) is 0 Å². The molecule has 0 saturated carbocycles. The van der Waals surface area contributed by atoms with Crippen LogP contribution in [0.25, 0.3) is 0 Å². The molecule has 154 valence electrons. The number of piperidine rings is 2. The predicted octanol–water partition coefficient (Wildman–Crippen LogP) is 5.20. The zero-order chi connectivity index (χ0) is 19.9. The molecule has 1 atom stereocenters. The fraction of sp³-hybridized carbons (Fsp3) is 0.500. The molecule has 1 amide bonds. The average molecular weight is 391 g/mol. The molecule has 2 saturated heterocycles. The third-order valence-electron chi connectivity index (χ3n) is 6.77. The molecule has 2 aromatic carbocycles. The van der Waals surface area contributed by atoms with Gasteiger partial charge in [-0.1, -0.05) is 48.5 Å². The summed E-state index contributed by atoms with van der Waals surface area (Å²) >= 11 is 0. The van der Waals surface area contributed by atoms with Gasteiger partial charge >= 0.3 is 0 Å². The highest BCUT2D eigenvalue weighted by molar-refractivity contribution is 5.94. The molecule has 0 aliphatic carbocycles. The van der Waals surface area contributed by atoms with Crippen molar-refractivity contribution in [1.29, 1.82) is 0 Å². The number of benzene rings is 2. The quantitative estimate of drug-likeness (QED) is 0.677. The molecular weight excluding hydrogens is 356 g/mol. The van der Waals surface area contributed by atoms with Gasteiger partial charge in [-0.2, -0.15) is 0 Å². The maximum absolute atomic E-state index is 12.7. The summed E-state index contributed by atoms with van der Waals surface area (Å²) in [4.78, 5) is 17.5. The lowest BCUT2D eigenvalue weighted by Gasteiger charge is -2.34. The van der Waals surface area contributed by atoms with Crippen LogP contribution in [0.5, 0.6) is 0 Å². The van der Waals surface area contributed by atoms with E-state index in [0.717, 1.165) is 31.0 Å². The fourth-order valence-corrected chi connectivity index (χ4v) is 5.07. The van der Waals surface area contributed by atoms with Gasteiger partial charge in [0.1, 0.15) is 0 Å². The molecule has 2 aliphatic heterocycles. The topological polar surface area (TPSA) is 23.6 Å². The average Bonchev–Trinajstić information content (AvgIpc) is 2.80. The van der Waals surface area contributed by atoms with E-state index in [1.54, 1.807) is 0 Å². The molecule has 2 aromatic rings. The van der Waals surface area contributed by atoms with Crippen molar-refractivity contribution in [2.24, 2.45) is 5.92 Å². The van der Waals surface area contributed by atoms with E-state index in [2.05, 4.69) is 40.1 Å². The molecule has 4 rings (SSSR count). The SMILES string of the molecule is O=C(c1ccccc1)N1CCCC(CCCN2CCC(c3ccccc3)CC2)C1. The predicted molar refractivity (Wildman–Crippen MR) is 119 cm³/mol. The van der Waals surface area contributed by atoms with Crippen molar-refractivity contribution < 1.29 is 4.79 Å². The van der Waals surface area contributed by atoms with Gasteiger partial charge in [0.15, 0.2) is 0 Å². The summed E-state index contributed by atoms with van der Waals surface area (Å²) in [5.41, 5.74) is 2.34. The number of carbonyl (C=O) groups excluding carboxylic acids is 1. The molecule has 0 N–H and O–H groups in total. The normalized spacial score (nSPS) is 21.2. The maximum atomic E-state index is 12.7. The van der Waals surface area contributed by atoms with Crippen molar-refractivity contribution in [3.05, 3.63) is 71.8 Å². The Labute approximate surface area is 175 Å². The molecule has 2 heterocycles. The van der Waals surface area contributed by atoms with Gasteiger partial charge in [-0.3, -0.25) is 4.79 Å². The van der Waals surface area contributed by atoms with Crippen LogP contribution in [0.3, 0.4) is 0 Å². The Hall–Kier alpha value is -2.13. The number of nitrogens with zero attached hydrogens (tertiary/aromatic N) is 2. The number of hydrogen-bond donors (Lipinski definition) is 0. The second kappa shape index (κ2) is 10.1. The molecule has 0 spiro atoms. The minimum Gasteiger partial charge on any atom is -0.338 e. The second-order valence-electron chi connectivity index (χ2n) is 8.79. The highest BCUT2D eigenvalue weighted by atomic mass is 16.2. The summed E-state index contributed by atoms with van der Waals surface area (Å²) < 4.78 is 0. The van der Waals surface area contributed by atoms with E-state index < -0.39 is 0 Å². The van der Waals surface area contributed by atoms with Gasteiger partial charge in [0.2, 0.25) is 0 Å². The van der Waals surface area contributed by atoms with E-state index in [9.17, 15) is 4.79 Å². The highest BCUT2D eigenvalue weighted by Gasteiger charge is 2.25. The summed E-state index contributed by atoms with van der Waals surface area (Å²) in [5, 5.41) is 0. The smallest absolute Gasteiger partial charge is 0.253 e. The molecule has 3 nitrogen and oxygen atoms in total. The van der Waals surface area contributed by atoms with Crippen molar-refractivity contribution >= 4 is 5.91 Å². The van der Waals surface area contributed by atoms with Crippen LogP contribution in [0.15, 0.2) is 60.7 Å². The van der Waals surface area contributed by atoms with E-state index in [0.29, 0.717) is 5.92 Å². The van der Waals surface area contributed by atoms with E-state index in [1.807, 2.05) is 30.3 Å². The zero-order valence-electron chi connectivity index (χ0n) is 17.5. The Kier molecular flexibility index (Phi) is 7.00. The van der Waals surface area contributed by atoms with Crippen LogP contribution in [0.2, 0.25) is 0 Å². The lowest BCUT2D eigenvalue weighted by Crippen LogP contribution is -2.40. The Morgan fingerprint density at radius 1 is 0.862 bits per heavy atom. The maximum Gasteiger partial charge on any atom is 0.253 e. The molecule has 0 aromatic heterocycles. The van der Waals surface area contributed by atoms with Gasteiger partial charge < -0.3 is 9.80 Å². The first-order chi connectivity index (χ1) is 14.3. The van der Waals surface area contributed by atoms with E-state index in [1.165, 1.54) is 57.3 Å². The van der Waals surface area contributed by atoms with Crippen molar-refractivity contribution in [3.63, 3.8) is 0 Å². The van der Waals surface area contributed by atoms with Gasteiger partial charge in [0.25, 0.3) is 5.91 Å². The highest BCUT2D eigenvalue weighted by Crippen LogP contribution is 2.28. The lowest BCUT2D eigenvalue weighted by atomic mass is 9.89. The first-order valence-corrected chi connectivity index (χ1v) is 11.4. The summed E-state index contributed by atoms with van der Waals surface area (Å²) in [6.45, 7) is 5.51. The van der Waals surface area contributed by atoms with Crippen LogP contribution in [0.4, 0.5) is 0 Å². The summed E-state index contributed by atoms with van der Waals surface area (Å²) in [7, 11) is 0. The summed E-state index contributed by atoms with van der Waals surface area (Å²) in [5.74, 6) is 1.61. The van der Waals surface area contributed by atoms with Crippen molar-refractivity contribution in [1.82, 2.24) is 9.80 Å². The van der Waals surface area contributed by atoms with Crippen LogP contribution in [0.1, 0.15) is 60.4 Å². The molecule has 0 bridgehead atoms. The van der Waals surface area contributed by atoms with Crippen molar-refractivity contribution in [2.45, 2.75) is 44.4 Å². The van der Waals surface area contributed by atoms with E-state index in [4.69, 9.17) is 0 Å². The summed E-state index contributed by atoms with van der Waals surface area (Å²) in [6.07, 6.45) is 7.49. The van der Waals surface area contributed by atoms with Gasteiger partial charge in [0, 0.05) is 18.7 Å². The van der Waals surface area contributed by atoms with Gasteiger partial charge in [-0.05, 0) is 87.7 Å². The number of carbonyl (C=O) groups is 1. The van der Waals surface area contributed by atoms with Gasteiger partial charge in [-0.15, -0.1) is 0 Å². The second-order valence-corrected chi connectivity index (χ2v) is 8.79. The lowest BCUT2D eigenvalue weighted by molar-refractivity contribution is 0.0663. The number of amides is 1. The molecular formula is C26H34N2O. The Morgan fingerprint density at radius 2 is 1.55 bits per heavy atom. The number of hydrogen-bond acceptors (Lipinski definition) is 2. The number of likely N-dealkylation sites (tertiary alicyclic amines) is 2. The molecule has 3 heteroatoms. The van der Waals surface area contributed by atoms with Crippen LogP contribution in [0, 0.1) is 5.92 Å². The van der Waals surface area contributed by atoms with E-state index in [-0.39, 0.29) is 5.91 Å². The molecule has 0 radical (unpaired) electrons. The first kappa shape index (κ1) is 20.2. The van der Waals surface area contributed by atoms with Crippen LogP contribution < -0.4 is 0 Å². The molecule has 1 unspecified atom stereocenters. The Balaban J connectivity index is 1.18. The monoisotopic (exact) mass is 390 g/mol. The van der Waals surface area contributed by atoms with E-state index >= 15 is 0 Å². The standard InChI is InChI=1S/C26H34N2O/c29-26(25-13-5-2-6-14-25)28-18-8-10-22(21-28)9-7-17-27-19-15-24(16-20-27)23-11-3-1-4-12-23/h1-6,11-14,22,24H,7-10,15-21H2. The number of rotatable bonds is 6. The Morgan fingerprint density at radius 3 is 2.28 bits per heavy atom. The Bertz CT molecular complexity index is 753. The minimum atomic E-state index is 0.207.